The molecule has 0 unspecified atom stereocenters. The van der Waals surface area contributed by atoms with Gasteiger partial charge in [0.05, 0.1) is 0 Å². The lowest BCUT2D eigenvalue weighted by molar-refractivity contribution is 0.194. The molecule has 1 aromatic rings. The summed E-state index contributed by atoms with van der Waals surface area (Å²) in [4.78, 5) is 11.2. The molecular weight excluding hydrogens is 292 g/mol. The van der Waals surface area contributed by atoms with Crippen LogP contribution < -0.4 is 5.32 Å². The third-order valence-corrected chi connectivity index (χ3v) is 3.67. The van der Waals surface area contributed by atoms with E-state index in [1.54, 1.807) is 6.07 Å². The summed E-state index contributed by atoms with van der Waals surface area (Å²) >= 11 is 1.49. The maximum atomic E-state index is 10.4. The topological polar surface area (TPSA) is 93.0 Å². The van der Waals surface area contributed by atoms with Crippen LogP contribution >= 0.6 is 11.9 Å². The molecule has 0 bridgehead atoms. The largest absolute Gasteiger partial charge is 0.504 e. The average molecular weight is 314 g/mol. The van der Waals surface area contributed by atoms with Gasteiger partial charge >= 0.3 is 6.09 Å². The number of carboxylic acid groups (broad SMARTS) is 1. The Hall–Kier alpha value is -1.60. The molecule has 1 rings (SSSR count). The van der Waals surface area contributed by atoms with Crippen LogP contribution in [0.2, 0.25) is 0 Å². The highest BCUT2D eigenvalue weighted by atomic mass is 32.2. The van der Waals surface area contributed by atoms with Gasteiger partial charge in [-0.1, -0.05) is 13.8 Å². The van der Waals surface area contributed by atoms with Crippen LogP contribution in [0.15, 0.2) is 23.1 Å². The number of carbonyl (C=O) groups is 1. The van der Waals surface area contributed by atoms with E-state index in [9.17, 15) is 15.0 Å². The Morgan fingerprint density at radius 2 is 2.05 bits per heavy atom. The number of hydrogen-bond donors (Lipinski definition) is 4. The lowest BCUT2D eigenvalue weighted by atomic mass is 10.2. The Morgan fingerprint density at radius 3 is 2.62 bits per heavy atom. The van der Waals surface area contributed by atoms with Crippen LogP contribution in [0, 0.1) is 5.92 Å². The fraction of sp³-hybridized carbons (Fsp3) is 0.500. The van der Waals surface area contributed by atoms with E-state index in [1.807, 2.05) is 0 Å². The maximum absolute atomic E-state index is 10.4. The van der Waals surface area contributed by atoms with Crippen LogP contribution in [0.4, 0.5) is 4.79 Å². The number of nitrogens with zero attached hydrogens (tertiary/aromatic N) is 1. The highest BCUT2D eigenvalue weighted by molar-refractivity contribution is 7.97. The standard InChI is InChI=1S/C14H22N2O4S/c1-10(2)9-16(7-3-6-15-14(19)20)21-11-4-5-12(17)13(18)8-11/h4-5,8,10,15,17-18H,3,6-7,9H2,1-2H3,(H,19,20). The summed E-state index contributed by atoms with van der Waals surface area (Å²) in [6.07, 6.45) is -0.308. The molecule has 0 aromatic heterocycles. The molecule has 0 aliphatic rings. The fourth-order valence-electron chi connectivity index (χ4n) is 1.74. The van der Waals surface area contributed by atoms with Crippen molar-refractivity contribution >= 4 is 18.0 Å². The van der Waals surface area contributed by atoms with Crippen LogP contribution in [-0.4, -0.2) is 45.4 Å². The van der Waals surface area contributed by atoms with Gasteiger partial charge in [-0.2, -0.15) is 0 Å². The van der Waals surface area contributed by atoms with Crippen LogP contribution in [0.3, 0.4) is 0 Å². The zero-order valence-corrected chi connectivity index (χ0v) is 13.1. The number of aromatic hydroxyl groups is 2. The van der Waals surface area contributed by atoms with Gasteiger partial charge in [0, 0.05) is 24.5 Å². The lowest BCUT2D eigenvalue weighted by Crippen LogP contribution is -2.27. The van der Waals surface area contributed by atoms with Gasteiger partial charge in [0.1, 0.15) is 0 Å². The molecule has 0 aliphatic carbocycles. The van der Waals surface area contributed by atoms with E-state index in [4.69, 9.17) is 5.11 Å². The number of amides is 1. The average Bonchev–Trinajstić information content (AvgIpc) is 2.38. The smallest absolute Gasteiger partial charge is 0.404 e. The van der Waals surface area contributed by atoms with Gasteiger partial charge in [0.25, 0.3) is 0 Å². The van der Waals surface area contributed by atoms with Crippen molar-refractivity contribution in [3.8, 4) is 11.5 Å². The van der Waals surface area contributed by atoms with E-state index in [1.165, 1.54) is 24.1 Å². The van der Waals surface area contributed by atoms with E-state index >= 15 is 0 Å². The highest BCUT2D eigenvalue weighted by Gasteiger charge is 2.11. The van der Waals surface area contributed by atoms with Crippen molar-refractivity contribution in [3.05, 3.63) is 18.2 Å². The zero-order chi connectivity index (χ0) is 15.8. The Balaban J connectivity index is 2.55. The Bertz CT molecular complexity index is 468. The summed E-state index contributed by atoms with van der Waals surface area (Å²) < 4.78 is 2.13. The minimum atomic E-state index is -1.01. The normalized spacial score (nSPS) is 11.0. The quantitative estimate of drug-likeness (QED) is 0.335. The van der Waals surface area contributed by atoms with Crippen molar-refractivity contribution in [2.75, 3.05) is 19.6 Å². The van der Waals surface area contributed by atoms with Gasteiger partial charge in [0.2, 0.25) is 0 Å². The molecular formula is C14H22N2O4S. The minimum absolute atomic E-state index is 0.139. The number of rotatable bonds is 8. The summed E-state index contributed by atoms with van der Waals surface area (Å²) in [5.74, 6) is 0.188. The zero-order valence-electron chi connectivity index (χ0n) is 12.2. The van der Waals surface area contributed by atoms with Crippen molar-refractivity contribution in [3.63, 3.8) is 0 Å². The first kappa shape index (κ1) is 17.5. The Morgan fingerprint density at radius 1 is 1.33 bits per heavy atom. The van der Waals surface area contributed by atoms with Gasteiger partial charge in [0.15, 0.2) is 11.5 Å². The number of phenolic OH excluding ortho intramolecular Hbond substituents is 2. The molecule has 0 saturated carbocycles. The van der Waals surface area contributed by atoms with Crippen LogP contribution in [-0.2, 0) is 0 Å². The minimum Gasteiger partial charge on any atom is -0.504 e. The molecule has 0 heterocycles. The van der Waals surface area contributed by atoms with Crippen molar-refractivity contribution in [1.29, 1.82) is 0 Å². The molecule has 1 amide bonds. The van der Waals surface area contributed by atoms with E-state index in [0.29, 0.717) is 18.9 Å². The second-order valence-electron chi connectivity index (χ2n) is 5.11. The number of benzene rings is 1. The van der Waals surface area contributed by atoms with Gasteiger partial charge in [-0.05, 0) is 42.5 Å². The van der Waals surface area contributed by atoms with Crippen LogP contribution in [0.5, 0.6) is 11.5 Å². The number of phenols is 2. The molecule has 0 fully saturated rings. The molecule has 0 atom stereocenters. The molecule has 118 valence electrons. The molecule has 0 saturated heterocycles. The SMILES string of the molecule is CC(C)CN(CCCNC(=O)O)Sc1ccc(O)c(O)c1. The number of nitrogens with one attached hydrogen (secondary N) is 1. The maximum Gasteiger partial charge on any atom is 0.404 e. The molecule has 21 heavy (non-hydrogen) atoms. The van der Waals surface area contributed by atoms with Crippen LogP contribution in [0.1, 0.15) is 20.3 Å². The summed E-state index contributed by atoms with van der Waals surface area (Å²) in [6, 6.07) is 4.71. The predicted molar refractivity (Wildman–Crippen MR) is 82.7 cm³/mol. The fourth-order valence-corrected chi connectivity index (χ4v) is 2.93. The monoisotopic (exact) mass is 314 g/mol. The van der Waals surface area contributed by atoms with Crippen molar-refractivity contribution in [2.24, 2.45) is 5.92 Å². The van der Waals surface area contributed by atoms with E-state index in [0.717, 1.165) is 18.0 Å². The van der Waals surface area contributed by atoms with Crippen LogP contribution in [0.25, 0.3) is 0 Å². The molecule has 0 spiro atoms. The Kier molecular flexibility index (Phi) is 7.18. The first-order valence-corrected chi connectivity index (χ1v) is 7.57. The second kappa shape index (κ2) is 8.63. The van der Waals surface area contributed by atoms with Crippen molar-refractivity contribution in [1.82, 2.24) is 9.62 Å². The summed E-state index contributed by atoms with van der Waals surface area (Å²) in [6.45, 7) is 6.20. The first-order valence-electron chi connectivity index (χ1n) is 6.80. The van der Waals surface area contributed by atoms with Gasteiger partial charge in [-0.3, -0.25) is 0 Å². The third kappa shape index (κ3) is 7.10. The molecule has 0 radical (unpaired) electrons. The summed E-state index contributed by atoms with van der Waals surface area (Å²) in [5.41, 5.74) is 0. The predicted octanol–water partition coefficient (Wildman–Crippen LogP) is 2.72. The first-order chi connectivity index (χ1) is 9.88. The van der Waals surface area contributed by atoms with E-state index in [-0.39, 0.29) is 11.5 Å². The molecule has 4 N–H and O–H groups in total. The lowest BCUT2D eigenvalue weighted by Gasteiger charge is -2.23. The molecule has 7 heteroatoms. The molecule has 6 nitrogen and oxygen atoms in total. The van der Waals surface area contributed by atoms with Crippen molar-refractivity contribution in [2.45, 2.75) is 25.2 Å². The Labute approximate surface area is 128 Å². The molecule has 1 aromatic carbocycles. The van der Waals surface area contributed by atoms with Gasteiger partial charge in [-0.15, -0.1) is 0 Å². The molecule has 0 aliphatic heterocycles. The van der Waals surface area contributed by atoms with Gasteiger partial charge < -0.3 is 20.6 Å². The summed E-state index contributed by atoms with van der Waals surface area (Å²) in [7, 11) is 0. The highest BCUT2D eigenvalue weighted by Crippen LogP contribution is 2.32. The number of hydrogen-bond acceptors (Lipinski definition) is 5. The van der Waals surface area contributed by atoms with E-state index < -0.39 is 6.09 Å². The van der Waals surface area contributed by atoms with Crippen molar-refractivity contribution < 1.29 is 20.1 Å². The summed E-state index contributed by atoms with van der Waals surface area (Å²) in [5, 5.41) is 29.7. The second-order valence-corrected chi connectivity index (χ2v) is 6.28. The van der Waals surface area contributed by atoms with Gasteiger partial charge in [-0.25, -0.2) is 9.10 Å². The third-order valence-electron chi connectivity index (χ3n) is 2.61. The van der Waals surface area contributed by atoms with E-state index in [2.05, 4.69) is 23.5 Å².